The van der Waals surface area contributed by atoms with Crippen LogP contribution in [-0.2, 0) is 4.74 Å². The molecule has 0 spiro atoms. The van der Waals surface area contributed by atoms with Gasteiger partial charge in [-0.3, -0.25) is 14.7 Å². The second-order valence-electron chi connectivity index (χ2n) is 23.0. The maximum atomic E-state index is 5.80. The Balaban J connectivity index is 0.732. The molecule has 0 N–H and O–H groups in total. The van der Waals surface area contributed by atoms with Gasteiger partial charge in [0.2, 0.25) is 0 Å². The van der Waals surface area contributed by atoms with Crippen molar-refractivity contribution in [3.8, 4) is 0 Å². The molecule has 0 amide bonds. The summed E-state index contributed by atoms with van der Waals surface area (Å²) in [5.74, 6) is 3.51. The van der Waals surface area contributed by atoms with Crippen LogP contribution in [0.5, 0.6) is 0 Å². The molecule has 0 aliphatic carbocycles. The normalized spacial score (nSPS) is 26.6. The molecular formula is C53H105N9O. The molecule has 0 aromatic heterocycles. The molecule has 0 bridgehead atoms. The molecule has 6 saturated heterocycles. The van der Waals surface area contributed by atoms with Crippen LogP contribution in [0.15, 0.2) is 0 Å². The summed E-state index contributed by atoms with van der Waals surface area (Å²) in [4.78, 5) is 24.9. The van der Waals surface area contributed by atoms with Gasteiger partial charge >= 0.3 is 0 Å². The molecule has 4 unspecified atom stereocenters. The second-order valence-corrected chi connectivity index (χ2v) is 23.0. The van der Waals surface area contributed by atoms with Crippen molar-refractivity contribution in [1.29, 1.82) is 0 Å². The largest absolute Gasteiger partial charge is 0.377 e. The molecule has 4 atom stereocenters. The van der Waals surface area contributed by atoms with E-state index < -0.39 is 0 Å². The summed E-state index contributed by atoms with van der Waals surface area (Å²) in [5.41, 5.74) is 0. The zero-order valence-corrected chi connectivity index (χ0v) is 43.1. The molecule has 10 nitrogen and oxygen atoms in total. The van der Waals surface area contributed by atoms with Gasteiger partial charge in [-0.2, -0.15) is 0 Å². The van der Waals surface area contributed by atoms with Crippen LogP contribution in [0.25, 0.3) is 0 Å². The van der Waals surface area contributed by atoms with Crippen molar-refractivity contribution in [1.82, 2.24) is 44.1 Å². The molecule has 6 rings (SSSR count). The van der Waals surface area contributed by atoms with E-state index in [0.717, 1.165) is 54.9 Å². The summed E-state index contributed by atoms with van der Waals surface area (Å²) in [7, 11) is 0. The molecule has 6 fully saturated rings. The average Bonchev–Trinajstić information content (AvgIpc) is 3.30. The lowest BCUT2D eigenvalue weighted by atomic mass is 9.94. The van der Waals surface area contributed by atoms with Crippen LogP contribution >= 0.6 is 0 Å². The van der Waals surface area contributed by atoms with Gasteiger partial charge in [-0.15, -0.1) is 0 Å². The van der Waals surface area contributed by atoms with E-state index in [1.54, 1.807) is 0 Å². The number of hydrogen-bond donors (Lipinski definition) is 0. The summed E-state index contributed by atoms with van der Waals surface area (Å²) >= 11 is 0. The molecule has 0 radical (unpaired) electrons. The van der Waals surface area contributed by atoms with Crippen LogP contribution in [0.3, 0.4) is 0 Å². The third kappa shape index (κ3) is 18.2. The predicted molar refractivity (Wildman–Crippen MR) is 268 cm³/mol. The molecule has 0 saturated carbocycles. The van der Waals surface area contributed by atoms with Crippen molar-refractivity contribution in [3.63, 3.8) is 0 Å². The van der Waals surface area contributed by atoms with E-state index >= 15 is 0 Å². The number of piperidine rings is 3. The van der Waals surface area contributed by atoms with Crippen LogP contribution in [0.1, 0.15) is 132 Å². The lowest BCUT2D eigenvalue weighted by Crippen LogP contribution is -2.55. The number of hydrogen-bond acceptors (Lipinski definition) is 10. The minimum Gasteiger partial charge on any atom is -0.377 e. The van der Waals surface area contributed by atoms with Gasteiger partial charge in [-0.25, -0.2) is 0 Å². The zero-order valence-electron chi connectivity index (χ0n) is 43.1. The minimum absolute atomic E-state index is 0.347. The van der Waals surface area contributed by atoms with E-state index in [1.807, 2.05) is 0 Å². The summed E-state index contributed by atoms with van der Waals surface area (Å²) < 4.78 is 5.80. The third-order valence-corrected chi connectivity index (χ3v) is 17.5. The molecule has 0 aromatic rings. The van der Waals surface area contributed by atoms with Gasteiger partial charge in [0.1, 0.15) is 0 Å². The Labute approximate surface area is 391 Å². The maximum absolute atomic E-state index is 5.80. The van der Waals surface area contributed by atoms with Crippen molar-refractivity contribution >= 4 is 0 Å². The molecule has 6 heterocycles. The van der Waals surface area contributed by atoms with Crippen LogP contribution in [0.2, 0.25) is 0 Å². The summed E-state index contributed by atoms with van der Waals surface area (Å²) in [6.07, 6.45) is 16.9. The van der Waals surface area contributed by atoms with E-state index in [9.17, 15) is 0 Å². The Bertz CT molecular complexity index is 1180. The van der Waals surface area contributed by atoms with Gasteiger partial charge in [0.15, 0.2) is 0 Å². The molecule has 10 heteroatoms. The summed E-state index contributed by atoms with van der Waals surface area (Å²) in [5, 5.41) is 0. The van der Waals surface area contributed by atoms with Crippen molar-refractivity contribution in [3.05, 3.63) is 0 Å². The van der Waals surface area contributed by atoms with Crippen molar-refractivity contribution in [2.75, 3.05) is 157 Å². The number of rotatable bonds is 24. The van der Waals surface area contributed by atoms with Gasteiger partial charge < -0.3 is 34.1 Å². The van der Waals surface area contributed by atoms with Gasteiger partial charge in [0, 0.05) is 122 Å². The quantitative estimate of drug-likeness (QED) is 0.102. The Kier molecular flexibility index (Phi) is 22.7. The Morgan fingerprint density at radius 3 is 1.29 bits per heavy atom. The highest BCUT2D eigenvalue weighted by atomic mass is 16.5. The topological polar surface area (TPSA) is 38.4 Å². The fourth-order valence-electron chi connectivity index (χ4n) is 12.3. The van der Waals surface area contributed by atoms with Crippen molar-refractivity contribution < 1.29 is 4.74 Å². The van der Waals surface area contributed by atoms with Crippen LogP contribution in [0.4, 0.5) is 0 Å². The summed E-state index contributed by atoms with van der Waals surface area (Å²) in [6.45, 7) is 49.4. The second kappa shape index (κ2) is 27.6. The lowest BCUT2D eigenvalue weighted by Gasteiger charge is -2.44. The first kappa shape index (κ1) is 52.0. The number of nitrogens with zero attached hydrogens (tertiary/aromatic N) is 9. The number of likely N-dealkylation sites (tertiary alicyclic amines) is 3. The zero-order chi connectivity index (χ0) is 44.6. The maximum Gasteiger partial charge on any atom is 0.0596 e. The predicted octanol–water partition coefficient (Wildman–Crippen LogP) is 6.95. The highest BCUT2D eigenvalue weighted by Crippen LogP contribution is 2.25. The molecule has 6 aliphatic rings. The van der Waals surface area contributed by atoms with Crippen molar-refractivity contribution in [2.45, 2.75) is 163 Å². The third-order valence-electron chi connectivity index (χ3n) is 17.5. The molecule has 6 aliphatic heterocycles. The molecular weight excluding hydrogens is 779 g/mol. The average molecular weight is 884 g/mol. The Morgan fingerprint density at radius 1 is 0.381 bits per heavy atom. The first-order chi connectivity index (χ1) is 30.5. The smallest absolute Gasteiger partial charge is 0.0596 e. The Morgan fingerprint density at radius 2 is 0.794 bits per heavy atom. The van der Waals surface area contributed by atoms with E-state index in [-0.39, 0.29) is 0 Å². The highest BCUT2D eigenvalue weighted by Gasteiger charge is 2.30. The van der Waals surface area contributed by atoms with Gasteiger partial charge in [0.25, 0.3) is 0 Å². The van der Waals surface area contributed by atoms with Crippen LogP contribution in [0, 0.1) is 23.7 Å². The number of ether oxygens (including phenoxy) is 1. The van der Waals surface area contributed by atoms with Crippen LogP contribution in [-0.4, -0.2) is 232 Å². The first-order valence-corrected chi connectivity index (χ1v) is 27.7. The summed E-state index contributed by atoms with van der Waals surface area (Å²) in [6, 6.07) is 2.97. The Hall–Kier alpha value is -0.400. The van der Waals surface area contributed by atoms with Gasteiger partial charge in [-0.1, -0.05) is 13.8 Å². The van der Waals surface area contributed by atoms with E-state index in [0.29, 0.717) is 12.1 Å². The van der Waals surface area contributed by atoms with E-state index in [4.69, 9.17) is 4.74 Å². The van der Waals surface area contributed by atoms with Crippen molar-refractivity contribution in [2.24, 2.45) is 23.7 Å². The highest BCUT2D eigenvalue weighted by molar-refractivity contribution is 4.86. The molecule has 368 valence electrons. The number of piperazine rings is 3. The molecule has 0 aromatic carbocycles. The fourth-order valence-corrected chi connectivity index (χ4v) is 12.3. The van der Waals surface area contributed by atoms with Gasteiger partial charge in [0.05, 0.1) is 12.7 Å². The first-order valence-electron chi connectivity index (χ1n) is 27.7. The van der Waals surface area contributed by atoms with Crippen LogP contribution < -0.4 is 0 Å². The van der Waals surface area contributed by atoms with Gasteiger partial charge in [-0.05, 0) is 195 Å². The minimum atomic E-state index is 0.347. The molecule has 63 heavy (non-hydrogen) atoms. The SMILES string of the molecule is CC(CCC(C)N1CCN(C2CCN(CCOC(C)C)CC2)CC1)CCN1CCC(CN2CCN(C(C)CCC(C)CCN3CCN(CC4CCN(C(C)C)CC4)CC3)CC2)CC1. The lowest BCUT2D eigenvalue weighted by molar-refractivity contribution is 0.0262. The van der Waals surface area contributed by atoms with E-state index in [2.05, 4.69) is 99.5 Å². The fraction of sp³-hybridized carbons (Fsp3) is 1.00. The monoisotopic (exact) mass is 884 g/mol. The standard InChI is InChI=1S/C53H105N9O/c1-45(2)59-27-17-52(18-28-59)44-57-31-29-56(30-32-57)22-14-48(6)9-11-49(7)60-35-33-58(34-36-60)43-51-15-23-54(24-16-51)21-13-47(5)10-12-50(8)61-37-39-62(40-38-61)53-19-25-55(26-20-53)41-42-63-46(3)4/h45-53H,9-44H2,1-8H3. The van der Waals surface area contributed by atoms with E-state index in [1.165, 1.54) is 221 Å².